The molecule has 2 aromatic heterocycles. The molecule has 0 bridgehead atoms. The van der Waals surface area contributed by atoms with Crippen LogP contribution in [0.15, 0.2) is 29.8 Å². The predicted molar refractivity (Wildman–Crippen MR) is 80.0 cm³/mol. The summed E-state index contributed by atoms with van der Waals surface area (Å²) in [5.74, 6) is 0.767. The van der Waals surface area contributed by atoms with E-state index in [9.17, 15) is 0 Å². The molecule has 0 spiro atoms. The normalized spacial score (nSPS) is 10.8. The van der Waals surface area contributed by atoms with Crippen LogP contribution in [0, 0.1) is 6.92 Å². The summed E-state index contributed by atoms with van der Waals surface area (Å²) in [6, 6.07) is 7.68. The number of anilines is 1. The summed E-state index contributed by atoms with van der Waals surface area (Å²) >= 11 is 1.64. The van der Waals surface area contributed by atoms with E-state index in [1.54, 1.807) is 11.3 Å². The number of benzene rings is 1. The Kier molecular flexibility index (Phi) is 3.47. The Morgan fingerprint density at radius 2 is 2.10 bits per heavy atom. The number of nitrogen functional groups attached to an aromatic ring is 1. The van der Waals surface area contributed by atoms with E-state index in [0.717, 1.165) is 23.0 Å². The third kappa shape index (κ3) is 2.55. The molecule has 1 aromatic carbocycles. The van der Waals surface area contributed by atoms with Crippen molar-refractivity contribution in [1.82, 2.24) is 15.0 Å². The van der Waals surface area contributed by atoms with Crippen LogP contribution in [0.5, 0.6) is 5.88 Å². The topological polar surface area (TPSA) is 73.9 Å². The number of para-hydroxylation sites is 1. The lowest BCUT2D eigenvalue weighted by atomic mass is 10.2. The number of nitrogens with two attached hydrogens (primary N) is 1. The number of rotatable bonds is 4. The molecule has 2 N–H and O–H groups in total. The highest BCUT2D eigenvalue weighted by atomic mass is 32.1. The van der Waals surface area contributed by atoms with E-state index in [2.05, 4.69) is 15.0 Å². The van der Waals surface area contributed by atoms with Gasteiger partial charge in [0.2, 0.25) is 11.8 Å². The highest BCUT2D eigenvalue weighted by Crippen LogP contribution is 2.23. The smallest absolute Gasteiger partial charge is 0.226 e. The van der Waals surface area contributed by atoms with Gasteiger partial charge in [-0.15, -0.1) is 11.3 Å². The van der Waals surface area contributed by atoms with Crippen molar-refractivity contribution < 1.29 is 4.74 Å². The Bertz CT molecular complexity index is 741. The van der Waals surface area contributed by atoms with Crippen molar-refractivity contribution in [2.45, 2.75) is 13.3 Å². The number of thiazole rings is 1. The van der Waals surface area contributed by atoms with Gasteiger partial charge in [-0.2, -0.15) is 4.98 Å². The third-order valence-corrected chi connectivity index (χ3v) is 3.99. The van der Waals surface area contributed by atoms with Gasteiger partial charge in [0, 0.05) is 11.3 Å². The second kappa shape index (κ2) is 5.42. The van der Waals surface area contributed by atoms with Crippen molar-refractivity contribution >= 4 is 28.2 Å². The maximum absolute atomic E-state index is 5.78. The molecule has 102 valence electrons. The maximum Gasteiger partial charge on any atom is 0.226 e. The number of aromatic nitrogens is 3. The summed E-state index contributed by atoms with van der Waals surface area (Å²) in [5.41, 5.74) is 9.41. The molecule has 0 saturated carbocycles. The van der Waals surface area contributed by atoms with E-state index in [1.807, 2.05) is 36.7 Å². The summed E-state index contributed by atoms with van der Waals surface area (Å²) < 4.78 is 5.78. The van der Waals surface area contributed by atoms with Crippen molar-refractivity contribution in [3.05, 3.63) is 40.3 Å². The van der Waals surface area contributed by atoms with Crippen LogP contribution in [0.1, 0.15) is 10.6 Å². The standard InChI is InChI=1S/C14H14N4OS/c1-9-12(20-8-16-9)6-7-19-13-10-4-2-3-5-11(10)17-14(15)18-13/h2-5,8H,6-7H2,1H3,(H2,15,17,18). The molecule has 2 heterocycles. The minimum atomic E-state index is 0.229. The highest BCUT2D eigenvalue weighted by molar-refractivity contribution is 7.09. The molecule has 0 aliphatic rings. The monoisotopic (exact) mass is 286 g/mol. The quantitative estimate of drug-likeness (QED) is 0.798. The van der Waals surface area contributed by atoms with Gasteiger partial charge in [0.25, 0.3) is 0 Å². The number of nitrogens with zero attached hydrogens (tertiary/aromatic N) is 3. The number of fused-ring (bicyclic) bond motifs is 1. The van der Waals surface area contributed by atoms with Gasteiger partial charge in [-0.1, -0.05) is 12.1 Å². The van der Waals surface area contributed by atoms with Crippen LogP contribution in [-0.4, -0.2) is 21.6 Å². The van der Waals surface area contributed by atoms with Gasteiger partial charge < -0.3 is 10.5 Å². The van der Waals surface area contributed by atoms with Crippen LogP contribution in [0.3, 0.4) is 0 Å². The predicted octanol–water partition coefficient (Wildman–Crippen LogP) is 2.60. The fraction of sp³-hybridized carbons (Fsp3) is 0.214. The largest absolute Gasteiger partial charge is 0.477 e. The molecule has 0 atom stereocenters. The van der Waals surface area contributed by atoms with Crippen LogP contribution in [0.25, 0.3) is 10.9 Å². The van der Waals surface area contributed by atoms with Gasteiger partial charge in [0.1, 0.15) is 0 Å². The van der Waals surface area contributed by atoms with E-state index >= 15 is 0 Å². The molecule has 3 rings (SSSR count). The highest BCUT2D eigenvalue weighted by Gasteiger charge is 2.08. The molecule has 0 fully saturated rings. The number of aryl methyl sites for hydroxylation is 1. The second-order valence-corrected chi connectivity index (χ2v) is 5.30. The third-order valence-electron chi connectivity index (χ3n) is 3.00. The van der Waals surface area contributed by atoms with Gasteiger partial charge in [-0.25, -0.2) is 9.97 Å². The van der Waals surface area contributed by atoms with Gasteiger partial charge in [-0.3, -0.25) is 0 Å². The zero-order valence-electron chi connectivity index (χ0n) is 11.0. The summed E-state index contributed by atoms with van der Waals surface area (Å²) in [6.45, 7) is 2.55. The number of ether oxygens (including phenoxy) is 1. The summed E-state index contributed by atoms with van der Waals surface area (Å²) in [5, 5.41) is 0.878. The van der Waals surface area contributed by atoms with E-state index < -0.39 is 0 Å². The van der Waals surface area contributed by atoms with E-state index in [4.69, 9.17) is 10.5 Å². The summed E-state index contributed by atoms with van der Waals surface area (Å²) in [6.07, 6.45) is 0.814. The average Bonchev–Trinajstić information content (AvgIpc) is 2.84. The van der Waals surface area contributed by atoms with Gasteiger partial charge >= 0.3 is 0 Å². The van der Waals surface area contributed by atoms with E-state index in [0.29, 0.717) is 12.5 Å². The first-order valence-electron chi connectivity index (χ1n) is 6.28. The van der Waals surface area contributed by atoms with Crippen molar-refractivity contribution in [1.29, 1.82) is 0 Å². The molecule has 6 heteroatoms. The van der Waals surface area contributed by atoms with E-state index in [1.165, 1.54) is 4.88 Å². The van der Waals surface area contributed by atoms with Gasteiger partial charge in [0.15, 0.2) is 0 Å². The fourth-order valence-electron chi connectivity index (χ4n) is 1.98. The van der Waals surface area contributed by atoms with Crippen molar-refractivity contribution in [3.63, 3.8) is 0 Å². The minimum absolute atomic E-state index is 0.229. The van der Waals surface area contributed by atoms with Crippen molar-refractivity contribution in [2.75, 3.05) is 12.3 Å². The lowest BCUT2D eigenvalue weighted by molar-refractivity contribution is 0.314. The Morgan fingerprint density at radius 3 is 2.90 bits per heavy atom. The van der Waals surface area contributed by atoms with E-state index in [-0.39, 0.29) is 5.95 Å². The Hall–Kier alpha value is -2.21. The van der Waals surface area contributed by atoms with Gasteiger partial charge in [-0.05, 0) is 19.1 Å². The molecule has 0 saturated heterocycles. The molecule has 0 radical (unpaired) electrons. The average molecular weight is 286 g/mol. The zero-order valence-corrected chi connectivity index (χ0v) is 11.9. The van der Waals surface area contributed by atoms with Crippen LogP contribution in [0.4, 0.5) is 5.95 Å². The molecular weight excluding hydrogens is 272 g/mol. The lowest BCUT2D eigenvalue weighted by Gasteiger charge is -2.08. The molecule has 3 aromatic rings. The minimum Gasteiger partial charge on any atom is -0.477 e. The van der Waals surface area contributed by atoms with Crippen LogP contribution >= 0.6 is 11.3 Å². The van der Waals surface area contributed by atoms with Gasteiger partial charge in [0.05, 0.1) is 28.7 Å². The van der Waals surface area contributed by atoms with Crippen LogP contribution in [-0.2, 0) is 6.42 Å². The first kappa shape index (κ1) is 12.8. The molecule has 0 aliphatic heterocycles. The molecule has 0 aliphatic carbocycles. The lowest BCUT2D eigenvalue weighted by Crippen LogP contribution is -2.05. The maximum atomic E-state index is 5.78. The molecule has 20 heavy (non-hydrogen) atoms. The molecule has 0 unspecified atom stereocenters. The summed E-state index contributed by atoms with van der Waals surface area (Å²) in [4.78, 5) is 13.8. The zero-order chi connectivity index (χ0) is 13.9. The molecular formula is C14H14N4OS. The van der Waals surface area contributed by atoms with Crippen LogP contribution < -0.4 is 10.5 Å². The van der Waals surface area contributed by atoms with Crippen LogP contribution in [0.2, 0.25) is 0 Å². The Labute approximate surface area is 120 Å². The summed E-state index contributed by atoms with van der Waals surface area (Å²) in [7, 11) is 0. The SMILES string of the molecule is Cc1ncsc1CCOc1nc(N)nc2ccccc12. The fourth-order valence-corrected chi connectivity index (χ4v) is 2.74. The van der Waals surface area contributed by atoms with Crippen molar-refractivity contribution in [3.8, 4) is 5.88 Å². The number of hydrogen-bond acceptors (Lipinski definition) is 6. The Balaban J connectivity index is 1.79. The first-order valence-corrected chi connectivity index (χ1v) is 7.16. The number of hydrogen-bond donors (Lipinski definition) is 1. The molecule has 5 nitrogen and oxygen atoms in total. The molecule has 0 amide bonds. The second-order valence-electron chi connectivity index (χ2n) is 4.36. The first-order chi connectivity index (χ1) is 9.74. The Morgan fingerprint density at radius 1 is 1.25 bits per heavy atom. The van der Waals surface area contributed by atoms with Crippen molar-refractivity contribution in [2.24, 2.45) is 0 Å².